The first-order valence-corrected chi connectivity index (χ1v) is 8.85. The van der Waals surface area contributed by atoms with Crippen molar-refractivity contribution in [3.8, 4) is 0 Å². The summed E-state index contributed by atoms with van der Waals surface area (Å²) in [6.07, 6.45) is 3.44. The number of ether oxygens (including phenoxy) is 1. The summed E-state index contributed by atoms with van der Waals surface area (Å²) >= 11 is 0. The van der Waals surface area contributed by atoms with Crippen molar-refractivity contribution in [1.29, 1.82) is 0 Å². The van der Waals surface area contributed by atoms with Crippen LogP contribution < -0.4 is 4.90 Å². The number of anilines is 1. The Labute approximate surface area is 152 Å². The molecule has 7 heteroatoms. The van der Waals surface area contributed by atoms with E-state index in [2.05, 4.69) is 5.10 Å². The molecule has 3 heterocycles. The Kier molecular flexibility index (Phi) is 4.24. The van der Waals surface area contributed by atoms with Gasteiger partial charge in [-0.2, -0.15) is 5.10 Å². The number of amides is 2. The Balaban J connectivity index is 1.54. The summed E-state index contributed by atoms with van der Waals surface area (Å²) in [5.74, 6) is -0.133. The quantitative estimate of drug-likeness (QED) is 0.819. The molecule has 0 radical (unpaired) electrons. The number of likely N-dealkylation sites (tertiary alicyclic amines) is 1. The van der Waals surface area contributed by atoms with Gasteiger partial charge in [0.25, 0.3) is 11.8 Å². The summed E-state index contributed by atoms with van der Waals surface area (Å²) in [5, 5.41) is 4.21. The van der Waals surface area contributed by atoms with E-state index in [-0.39, 0.29) is 18.4 Å². The van der Waals surface area contributed by atoms with Crippen molar-refractivity contribution in [3.63, 3.8) is 0 Å². The van der Waals surface area contributed by atoms with Crippen molar-refractivity contribution in [2.45, 2.75) is 18.4 Å². The van der Waals surface area contributed by atoms with Gasteiger partial charge >= 0.3 is 0 Å². The molecule has 2 amide bonds. The maximum atomic E-state index is 12.8. The average Bonchev–Trinajstić information content (AvgIpc) is 3.10. The van der Waals surface area contributed by atoms with Crippen molar-refractivity contribution in [1.82, 2.24) is 14.7 Å². The van der Waals surface area contributed by atoms with Gasteiger partial charge in [-0.15, -0.1) is 0 Å². The number of piperidine rings is 1. The van der Waals surface area contributed by atoms with Gasteiger partial charge in [-0.1, -0.05) is 18.2 Å². The van der Waals surface area contributed by atoms with Crippen LogP contribution in [0.1, 0.15) is 23.3 Å². The third-order valence-corrected chi connectivity index (χ3v) is 5.08. The number of nitrogens with zero attached hydrogens (tertiary/aromatic N) is 4. The second-order valence-corrected chi connectivity index (χ2v) is 6.99. The van der Waals surface area contributed by atoms with Crippen LogP contribution >= 0.6 is 0 Å². The van der Waals surface area contributed by atoms with Gasteiger partial charge in [0, 0.05) is 25.5 Å². The predicted molar refractivity (Wildman–Crippen MR) is 95.8 cm³/mol. The van der Waals surface area contributed by atoms with Gasteiger partial charge < -0.3 is 14.5 Å². The number of benzene rings is 1. The lowest BCUT2D eigenvalue weighted by Gasteiger charge is -2.47. The fraction of sp³-hybridized carbons (Fsp3) is 0.421. The number of rotatable bonds is 2. The Morgan fingerprint density at radius 2 is 2.00 bits per heavy atom. The number of hydrogen-bond donors (Lipinski definition) is 0. The lowest BCUT2D eigenvalue weighted by atomic mass is 9.90. The molecule has 0 saturated carbocycles. The van der Waals surface area contributed by atoms with Gasteiger partial charge in [-0.3, -0.25) is 14.3 Å². The van der Waals surface area contributed by atoms with Crippen molar-refractivity contribution >= 4 is 17.5 Å². The van der Waals surface area contributed by atoms with Gasteiger partial charge in [-0.05, 0) is 31.0 Å². The molecule has 4 rings (SSSR count). The fourth-order valence-electron chi connectivity index (χ4n) is 3.77. The van der Waals surface area contributed by atoms with E-state index in [0.717, 1.165) is 18.5 Å². The highest BCUT2D eigenvalue weighted by atomic mass is 16.5. The van der Waals surface area contributed by atoms with Crippen LogP contribution in [0.5, 0.6) is 0 Å². The van der Waals surface area contributed by atoms with Crippen LogP contribution in [0.4, 0.5) is 5.69 Å². The second-order valence-electron chi connectivity index (χ2n) is 6.99. The first-order valence-electron chi connectivity index (χ1n) is 8.85. The van der Waals surface area contributed by atoms with Gasteiger partial charge in [-0.25, -0.2) is 0 Å². The zero-order valence-corrected chi connectivity index (χ0v) is 14.8. The highest BCUT2D eigenvalue weighted by Crippen LogP contribution is 2.32. The summed E-state index contributed by atoms with van der Waals surface area (Å²) in [5.41, 5.74) is 0.789. The Morgan fingerprint density at radius 3 is 2.73 bits per heavy atom. The zero-order valence-electron chi connectivity index (χ0n) is 14.8. The number of aryl methyl sites for hydroxylation is 1. The summed E-state index contributed by atoms with van der Waals surface area (Å²) < 4.78 is 7.61. The van der Waals surface area contributed by atoms with Crippen LogP contribution in [0.3, 0.4) is 0 Å². The maximum absolute atomic E-state index is 12.8. The van der Waals surface area contributed by atoms with E-state index in [0.29, 0.717) is 25.3 Å². The summed E-state index contributed by atoms with van der Waals surface area (Å²) in [7, 11) is 1.79. The number of aromatic nitrogens is 2. The molecule has 1 spiro atoms. The minimum absolute atomic E-state index is 0.0422. The molecule has 1 aromatic carbocycles. The first-order chi connectivity index (χ1) is 12.6. The number of hydrogen-bond acceptors (Lipinski definition) is 4. The summed E-state index contributed by atoms with van der Waals surface area (Å²) in [6, 6.07) is 11.3. The summed E-state index contributed by atoms with van der Waals surface area (Å²) in [4.78, 5) is 28.7. The second kappa shape index (κ2) is 6.57. The van der Waals surface area contributed by atoms with Crippen molar-refractivity contribution in [2.75, 3.05) is 31.1 Å². The Hall–Kier alpha value is -2.67. The van der Waals surface area contributed by atoms with Gasteiger partial charge in [0.05, 0.1) is 13.1 Å². The molecule has 1 aromatic heterocycles. The van der Waals surface area contributed by atoms with Crippen LogP contribution in [0, 0.1) is 0 Å². The molecule has 0 aliphatic carbocycles. The Morgan fingerprint density at radius 1 is 1.19 bits per heavy atom. The minimum atomic E-state index is -0.521. The van der Waals surface area contributed by atoms with Crippen LogP contribution in [0.2, 0.25) is 0 Å². The third-order valence-electron chi connectivity index (χ3n) is 5.08. The highest BCUT2D eigenvalue weighted by Gasteiger charge is 2.44. The van der Waals surface area contributed by atoms with E-state index in [1.54, 1.807) is 33.8 Å². The van der Waals surface area contributed by atoms with Crippen LogP contribution in [0.25, 0.3) is 0 Å². The molecule has 2 fully saturated rings. The minimum Gasteiger partial charge on any atom is -0.361 e. The topological polar surface area (TPSA) is 67.7 Å². The molecule has 26 heavy (non-hydrogen) atoms. The molecule has 0 N–H and O–H groups in total. The van der Waals surface area contributed by atoms with Crippen LogP contribution in [-0.4, -0.2) is 58.3 Å². The molecule has 2 aliphatic rings. The van der Waals surface area contributed by atoms with Gasteiger partial charge in [0.15, 0.2) is 0 Å². The molecule has 136 valence electrons. The highest BCUT2D eigenvalue weighted by molar-refractivity contribution is 5.95. The smallest absolute Gasteiger partial charge is 0.274 e. The molecule has 7 nitrogen and oxygen atoms in total. The fourth-order valence-corrected chi connectivity index (χ4v) is 3.77. The molecule has 1 unspecified atom stereocenters. The number of carbonyl (C=O) groups excluding carboxylic acids is 2. The van der Waals surface area contributed by atoms with E-state index in [1.165, 1.54) is 0 Å². The van der Waals surface area contributed by atoms with Crippen LogP contribution in [-0.2, 0) is 16.6 Å². The molecular weight excluding hydrogens is 332 g/mol. The van der Waals surface area contributed by atoms with E-state index in [4.69, 9.17) is 4.74 Å². The monoisotopic (exact) mass is 354 g/mol. The van der Waals surface area contributed by atoms with Crippen molar-refractivity contribution in [3.05, 3.63) is 48.3 Å². The van der Waals surface area contributed by atoms with Gasteiger partial charge in [0.2, 0.25) is 0 Å². The largest absolute Gasteiger partial charge is 0.361 e. The van der Waals surface area contributed by atoms with Crippen molar-refractivity contribution in [2.24, 2.45) is 7.05 Å². The van der Waals surface area contributed by atoms with E-state index >= 15 is 0 Å². The zero-order chi connectivity index (χ0) is 18.1. The SMILES string of the molecule is Cn1ccc(C(=O)N2CCCC3(C2)CN(c2ccccc2)C(=O)CO3)n1. The number of morpholine rings is 1. The number of para-hydroxylation sites is 1. The van der Waals surface area contributed by atoms with E-state index in [9.17, 15) is 9.59 Å². The molecule has 2 saturated heterocycles. The molecule has 0 bridgehead atoms. The Bertz CT molecular complexity index is 819. The van der Waals surface area contributed by atoms with Gasteiger partial charge in [0.1, 0.15) is 17.9 Å². The predicted octanol–water partition coefficient (Wildman–Crippen LogP) is 1.46. The molecular formula is C19H22N4O3. The maximum Gasteiger partial charge on any atom is 0.274 e. The molecule has 1 atom stereocenters. The standard InChI is InChI=1S/C19H22N4O3/c1-21-11-8-16(20-21)18(25)22-10-5-9-19(13-22)14-23(17(24)12-26-19)15-6-3-2-4-7-15/h2-4,6-8,11H,5,9-10,12-14H2,1H3. The third kappa shape index (κ3) is 3.10. The lowest BCUT2D eigenvalue weighted by Crippen LogP contribution is -2.62. The summed E-state index contributed by atoms with van der Waals surface area (Å²) in [6.45, 7) is 1.65. The lowest BCUT2D eigenvalue weighted by molar-refractivity contribution is -0.144. The normalized spacial score (nSPS) is 23.5. The van der Waals surface area contributed by atoms with E-state index < -0.39 is 5.60 Å². The molecule has 2 aliphatic heterocycles. The first kappa shape index (κ1) is 16.8. The van der Waals surface area contributed by atoms with Crippen molar-refractivity contribution < 1.29 is 14.3 Å². The van der Waals surface area contributed by atoms with Crippen LogP contribution in [0.15, 0.2) is 42.6 Å². The average molecular weight is 354 g/mol. The number of carbonyl (C=O) groups is 2. The molecule has 2 aromatic rings. The van der Waals surface area contributed by atoms with E-state index in [1.807, 2.05) is 30.3 Å².